The van der Waals surface area contributed by atoms with Gasteiger partial charge in [0.25, 0.3) is 0 Å². The first-order valence-corrected chi connectivity index (χ1v) is 7.27. The Bertz CT molecular complexity index is 591. The molecule has 0 aromatic heterocycles. The molecule has 0 spiro atoms. The standard InChI is InChI=1S/C15H16O2S/c1-11-7-4-5-8-12(11)15-13(17-2)9-6-10-14(15)18(3)16/h4-10H,1-3H3/t18-/m0/s1. The molecule has 0 bridgehead atoms. The second kappa shape index (κ2) is 5.36. The van der Waals surface area contributed by atoms with Crippen LogP contribution in [-0.4, -0.2) is 17.6 Å². The van der Waals surface area contributed by atoms with E-state index >= 15 is 0 Å². The van der Waals surface area contributed by atoms with Crippen molar-refractivity contribution in [2.24, 2.45) is 0 Å². The lowest BCUT2D eigenvalue weighted by Gasteiger charge is -2.14. The molecular weight excluding hydrogens is 244 g/mol. The number of ether oxygens (including phenoxy) is 1. The Labute approximate surface area is 110 Å². The van der Waals surface area contributed by atoms with Crippen molar-refractivity contribution in [3.8, 4) is 16.9 Å². The summed E-state index contributed by atoms with van der Waals surface area (Å²) in [6.45, 7) is 2.05. The largest absolute Gasteiger partial charge is 0.496 e. The highest BCUT2D eigenvalue weighted by Gasteiger charge is 2.15. The van der Waals surface area contributed by atoms with Gasteiger partial charge in [-0.15, -0.1) is 0 Å². The minimum Gasteiger partial charge on any atom is -0.496 e. The van der Waals surface area contributed by atoms with Gasteiger partial charge in [-0.25, -0.2) is 0 Å². The normalized spacial score (nSPS) is 12.2. The van der Waals surface area contributed by atoms with Crippen LogP contribution in [0.5, 0.6) is 5.75 Å². The predicted molar refractivity (Wildman–Crippen MR) is 75.5 cm³/mol. The third kappa shape index (κ3) is 2.31. The summed E-state index contributed by atoms with van der Waals surface area (Å²) in [6, 6.07) is 13.7. The van der Waals surface area contributed by atoms with E-state index in [1.165, 1.54) is 0 Å². The lowest BCUT2D eigenvalue weighted by Crippen LogP contribution is -1.97. The van der Waals surface area contributed by atoms with Crippen molar-refractivity contribution < 1.29 is 8.95 Å². The molecule has 0 fully saturated rings. The van der Waals surface area contributed by atoms with Crippen LogP contribution in [0.2, 0.25) is 0 Å². The van der Waals surface area contributed by atoms with Gasteiger partial charge in [0.15, 0.2) is 0 Å². The molecule has 94 valence electrons. The molecule has 2 nitrogen and oxygen atoms in total. The van der Waals surface area contributed by atoms with Crippen LogP contribution in [0.1, 0.15) is 5.56 Å². The number of benzene rings is 2. The van der Waals surface area contributed by atoms with Crippen LogP contribution in [0.15, 0.2) is 47.4 Å². The van der Waals surface area contributed by atoms with Crippen molar-refractivity contribution in [1.29, 1.82) is 0 Å². The Morgan fingerprint density at radius 1 is 1.06 bits per heavy atom. The predicted octanol–water partition coefficient (Wildman–Crippen LogP) is 3.41. The summed E-state index contributed by atoms with van der Waals surface area (Å²) in [5.74, 6) is 0.761. The fraction of sp³-hybridized carbons (Fsp3) is 0.200. The maximum atomic E-state index is 11.9. The zero-order chi connectivity index (χ0) is 13.1. The average Bonchev–Trinajstić information content (AvgIpc) is 2.38. The van der Waals surface area contributed by atoms with Crippen LogP contribution in [0.4, 0.5) is 0 Å². The van der Waals surface area contributed by atoms with Crippen LogP contribution in [0, 0.1) is 6.92 Å². The van der Waals surface area contributed by atoms with Gasteiger partial charge < -0.3 is 4.74 Å². The Morgan fingerprint density at radius 3 is 2.39 bits per heavy atom. The minimum absolute atomic E-state index is 0.761. The van der Waals surface area contributed by atoms with Gasteiger partial charge in [0.05, 0.1) is 22.8 Å². The van der Waals surface area contributed by atoms with Crippen LogP contribution in [0.3, 0.4) is 0 Å². The van der Waals surface area contributed by atoms with E-state index < -0.39 is 10.8 Å². The van der Waals surface area contributed by atoms with E-state index in [4.69, 9.17) is 4.74 Å². The van der Waals surface area contributed by atoms with Gasteiger partial charge in [0.1, 0.15) is 5.75 Å². The zero-order valence-electron chi connectivity index (χ0n) is 10.8. The van der Waals surface area contributed by atoms with Gasteiger partial charge in [-0.3, -0.25) is 4.21 Å². The van der Waals surface area contributed by atoms with E-state index in [0.29, 0.717) is 0 Å². The van der Waals surface area contributed by atoms with E-state index in [9.17, 15) is 4.21 Å². The van der Waals surface area contributed by atoms with Crippen molar-refractivity contribution in [1.82, 2.24) is 0 Å². The molecule has 0 saturated heterocycles. The summed E-state index contributed by atoms with van der Waals surface area (Å²) in [4.78, 5) is 0.809. The summed E-state index contributed by atoms with van der Waals surface area (Å²) in [5.41, 5.74) is 3.15. The Hall–Kier alpha value is -1.61. The quantitative estimate of drug-likeness (QED) is 0.845. The number of aryl methyl sites for hydroxylation is 1. The molecule has 3 heteroatoms. The third-order valence-electron chi connectivity index (χ3n) is 2.93. The van der Waals surface area contributed by atoms with Crippen molar-refractivity contribution in [3.05, 3.63) is 48.0 Å². The molecule has 2 aromatic rings. The molecule has 0 amide bonds. The molecule has 1 atom stereocenters. The fourth-order valence-corrected chi connectivity index (χ4v) is 2.81. The van der Waals surface area contributed by atoms with Gasteiger partial charge in [0.2, 0.25) is 0 Å². The van der Waals surface area contributed by atoms with Crippen molar-refractivity contribution >= 4 is 10.8 Å². The zero-order valence-corrected chi connectivity index (χ0v) is 11.6. The topological polar surface area (TPSA) is 26.3 Å². The van der Waals surface area contributed by atoms with E-state index in [-0.39, 0.29) is 0 Å². The summed E-state index contributed by atoms with van der Waals surface area (Å²) in [6.07, 6.45) is 1.69. The molecular formula is C15H16O2S. The highest BCUT2D eigenvalue weighted by Crippen LogP contribution is 2.36. The van der Waals surface area contributed by atoms with Crippen molar-refractivity contribution in [3.63, 3.8) is 0 Å². The van der Waals surface area contributed by atoms with Crippen molar-refractivity contribution in [2.45, 2.75) is 11.8 Å². The maximum Gasteiger partial charge on any atom is 0.127 e. The van der Waals surface area contributed by atoms with Gasteiger partial charge >= 0.3 is 0 Å². The second-order valence-corrected chi connectivity index (χ2v) is 5.45. The van der Waals surface area contributed by atoms with Crippen LogP contribution in [0.25, 0.3) is 11.1 Å². The van der Waals surface area contributed by atoms with Crippen LogP contribution >= 0.6 is 0 Å². The Morgan fingerprint density at radius 2 is 1.78 bits per heavy atom. The van der Waals surface area contributed by atoms with Crippen LogP contribution in [-0.2, 0) is 10.8 Å². The average molecular weight is 260 g/mol. The lowest BCUT2D eigenvalue weighted by atomic mass is 10.00. The number of methoxy groups -OCH3 is 1. The summed E-state index contributed by atoms with van der Waals surface area (Å²) in [7, 11) is 0.597. The molecule has 0 aliphatic carbocycles. The van der Waals surface area contributed by atoms with E-state index in [2.05, 4.69) is 0 Å². The SMILES string of the molecule is COc1cccc([S@](C)=O)c1-c1ccccc1C. The fourth-order valence-electron chi connectivity index (χ4n) is 2.04. The molecule has 2 rings (SSSR count). The number of hydrogen-bond donors (Lipinski definition) is 0. The first-order valence-electron chi connectivity index (χ1n) is 5.71. The van der Waals surface area contributed by atoms with E-state index in [1.807, 2.05) is 49.4 Å². The molecule has 0 aliphatic heterocycles. The van der Waals surface area contributed by atoms with Crippen molar-refractivity contribution in [2.75, 3.05) is 13.4 Å². The smallest absolute Gasteiger partial charge is 0.127 e. The molecule has 0 saturated carbocycles. The minimum atomic E-state index is -1.04. The van der Waals surface area contributed by atoms with Gasteiger partial charge in [0, 0.05) is 11.8 Å². The summed E-state index contributed by atoms with van der Waals surface area (Å²) < 4.78 is 17.3. The molecule has 0 radical (unpaired) electrons. The molecule has 2 aromatic carbocycles. The Balaban J connectivity index is 2.76. The third-order valence-corrected chi connectivity index (χ3v) is 3.89. The van der Waals surface area contributed by atoms with E-state index in [0.717, 1.165) is 27.3 Å². The highest BCUT2D eigenvalue weighted by molar-refractivity contribution is 7.84. The first-order chi connectivity index (χ1) is 8.65. The van der Waals surface area contributed by atoms with Gasteiger partial charge in [-0.2, -0.15) is 0 Å². The second-order valence-electron chi connectivity index (χ2n) is 4.10. The number of hydrogen-bond acceptors (Lipinski definition) is 2. The van der Waals surface area contributed by atoms with E-state index in [1.54, 1.807) is 13.4 Å². The lowest BCUT2D eigenvalue weighted by molar-refractivity contribution is 0.415. The van der Waals surface area contributed by atoms with Crippen LogP contribution < -0.4 is 4.74 Å². The number of rotatable bonds is 3. The summed E-state index contributed by atoms with van der Waals surface area (Å²) in [5, 5.41) is 0. The molecule has 18 heavy (non-hydrogen) atoms. The van der Waals surface area contributed by atoms with Gasteiger partial charge in [-0.1, -0.05) is 30.3 Å². The first kappa shape index (κ1) is 12.8. The van der Waals surface area contributed by atoms with Gasteiger partial charge in [-0.05, 0) is 30.2 Å². The maximum absolute atomic E-state index is 11.9. The molecule has 0 aliphatic rings. The summed E-state index contributed by atoms with van der Waals surface area (Å²) >= 11 is 0. The molecule has 0 heterocycles. The molecule has 0 N–H and O–H groups in total. The molecule has 0 unspecified atom stereocenters. The highest BCUT2D eigenvalue weighted by atomic mass is 32.2. The Kier molecular flexibility index (Phi) is 3.82. The monoisotopic (exact) mass is 260 g/mol.